The van der Waals surface area contributed by atoms with Gasteiger partial charge in [-0.15, -0.1) is 0 Å². The Morgan fingerprint density at radius 1 is 1.04 bits per heavy atom. The first-order chi connectivity index (χ1) is 10.8. The van der Waals surface area contributed by atoms with Crippen LogP contribution >= 0.6 is 0 Å². The second-order valence-corrected chi connectivity index (χ2v) is 10.6. The van der Waals surface area contributed by atoms with Crippen molar-refractivity contribution in [1.82, 2.24) is 4.31 Å². The second kappa shape index (κ2) is 6.26. The normalized spacial score (nSPS) is 20.3. The van der Waals surface area contributed by atoms with Gasteiger partial charge in [0.05, 0.1) is 10.9 Å². The van der Waals surface area contributed by atoms with Crippen LogP contribution in [0.5, 0.6) is 0 Å². The van der Waals surface area contributed by atoms with Gasteiger partial charge in [-0.25, -0.2) is 8.42 Å². The number of Topliss-reactive ketones (excluding diaryl/α,β-unsaturated/α-hetero) is 1. The molecule has 5 heteroatoms. The molecule has 1 aromatic rings. The van der Waals surface area contributed by atoms with E-state index in [2.05, 4.69) is 20.8 Å². The Morgan fingerprint density at radius 2 is 1.58 bits per heavy atom. The molecule has 134 valence electrons. The zero-order valence-corrected chi connectivity index (χ0v) is 16.4. The average Bonchev–Trinajstić information content (AvgIpc) is 2.94. The third-order valence-electron chi connectivity index (χ3n) is 4.57. The molecule has 1 atom stereocenters. The van der Waals surface area contributed by atoms with E-state index >= 15 is 0 Å². The predicted octanol–water partition coefficient (Wildman–Crippen LogP) is 3.75. The maximum Gasteiger partial charge on any atom is 0.243 e. The SMILES string of the molecule is CC(C)(C)C(=O)[C@@H]1CCCN1S(=O)(=O)c1ccc(C(C)(C)C)cc1. The fourth-order valence-electron chi connectivity index (χ4n) is 3.05. The maximum atomic E-state index is 13.0. The highest BCUT2D eigenvalue weighted by molar-refractivity contribution is 7.89. The number of benzene rings is 1. The van der Waals surface area contributed by atoms with Gasteiger partial charge in [-0.1, -0.05) is 53.7 Å². The molecule has 0 radical (unpaired) electrons. The lowest BCUT2D eigenvalue weighted by molar-refractivity contribution is -0.129. The fourth-order valence-corrected chi connectivity index (χ4v) is 4.71. The third kappa shape index (κ3) is 3.72. The summed E-state index contributed by atoms with van der Waals surface area (Å²) in [5.74, 6) is -0.00473. The van der Waals surface area contributed by atoms with Crippen molar-refractivity contribution in [3.05, 3.63) is 29.8 Å². The van der Waals surface area contributed by atoms with Crippen molar-refractivity contribution in [2.75, 3.05) is 6.54 Å². The molecular weight excluding hydrogens is 322 g/mol. The Kier molecular flexibility index (Phi) is 4.99. The average molecular weight is 352 g/mol. The van der Waals surface area contributed by atoms with Crippen LogP contribution in [-0.2, 0) is 20.2 Å². The van der Waals surface area contributed by atoms with Crippen molar-refractivity contribution in [1.29, 1.82) is 0 Å². The Morgan fingerprint density at radius 3 is 2.04 bits per heavy atom. The van der Waals surface area contributed by atoms with Gasteiger partial charge in [-0.05, 0) is 36.0 Å². The fraction of sp³-hybridized carbons (Fsp3) is 0.632. The highest BCUT2D eigenvalue weighted by Gasteiger charge is 2.42. The zero-order valence-electron chi connectivity index (χ0n) is 15.6. The van der Waals surface area contributed by atoms with Gasteiger partial charge in [0.2, 0.25) is 10.0 Å². The van der Waals surface area contributed by atoms with Gasteiger partial charge in [0.1, 0.15) is 0 Å². The summed E-state index contributed by atoms with van der Waals surface area (Å²) in [6.07, 6.45) is 1.33. The Labute approximate surface area is 146 Å². The quantitative estimate of drug-likeness (QED) is 0.833. The zero-order chi connectivity index (χ0) is 18.3. The molecule has 1 aliphatic heterocycles. The molecule has 0 N–H and O–H groups in total. The molecule has 0 amide bonds. The van der Waals surface area contributed by atoms with Crippen molar-refractivity contribution in [2.24, 2.45) is 5.41 Å². The Bertz CT molecular complexity index is 706. The monoisotopic (exact) mass is 351 g/mol. The number of carbonyl (C=O) groups is 1. The van der Waals surface area contributed by atoms with Crippen molar-refractivity contribution in [3.63, 3.8) is 0 Å². The van der Waals surface area contributed by atoms with Crippen molar-refractivity contribution < 1.29 is 13.2 Å². The van der Waals surface area contributed by atoms with Crippen LogP contribution in [0.25, 0.3) is 0 Å². The number of sulfonamides is 1. The highest BCUT2D eigenvalue weighted by atomic mass is 32.2. The Hall–Kier alpha value is -1.20. The molecule has 1 fully saturated rings. The van der Waals surface area contributed by atoms with Crippen LogP contribution in [-0.4, -0.2) is 31.1 Å². The summed E-state index contributed by atoms with van der Waals surface area (Å²) in [4.78, 5) is 12.9. The van der Waals surface area contributed by atoms with E-state index < -0.39 is 21.5 Å². The number of nitrogens with zero attached hydrogens (tertiary/aromatic N) is 1. The van der Waals surface area contributed by atoms with E-state index in [4.69, 9.17) is 0 Å². The van der Waals surface area contributed by atoms with E-state index in [1.807, 2.05) is 32.9 Å². The summed E-state index contributed by atoms with van der Waals surface area (Å²) in [6.45, 7) is 12.2. The lowest BCUT2D eigenvalue weighted by Crippen LogP contribution is -2.44. The molecule has 0 spiro atoms. The van der Waals surface area contributed by atoms with Gasteiger partial charge < -0.3 is 0 Å². The molecule has 24 heavy (non-hydrogen) atoms. The highest BCUT2D eigenvalue weighted by Crippen LogP contribution is 2.32. The molecule has 4 nitrogen and oxygen atoms in total. The molecule has 0 saturated carbocycles. The van der Waals surface area contributed by atoms with Gasteiger partial charge in [0, 0.05) is 12.0 Å². The first kappa shape index (κ1) is 19.1. The lowest BCUT2D eigenvalue weighted by Gasteiger charge is -2.28. The molecule has 0 bridgehead atoms. The summed E-state index contributed by atoms with van der Waals surface area (Å²) in [5, 5.41) is 0. The van der Waals surface area contributed by atoms with Gasteiger partial charge in [-0.3, -0.25) is 4.79 Å². The summed E-state index contributed by atoms with van der Waals surface area (Å²) < 4.78 is 27.4. The van der Waals surface area contributed by atoms with E-state index in [9.17, 15) is 13.2 Å². The van der Waals surface area contributed by atoms with Crippen LogP contribution < -0.4 is 0 Å². The van der Waals surface area contributed by atoms with Gasteiger partial charge in [-0.2, -0.15) is 4.31 Å². The smallest absolute Gasteiger partial charge is 0.243 e. The minimum Gasteiger partial charge on any atom is -0.297 e. The van der Waals surface area contributed by atoms with Gasteiger partial charge in [0.15, 0.2) is 5.78 Å². The van der Waals surface area contributed by atoms with Crippen molar-refractivity contribution in [3.8, 4) is 0 Å². The van der Waals surface area contributed by atoms with Crippen LogP contribution in [0.15, 0.2) is 29.2 Å². The van der Waals surface area contributed by atoms with E-state index in [0.717, 1.165) is 12.0 Å². The third-order valence-corrected chi connectivity index (χ3v) is 6.49. The second-order valence-electron chi connectivity index (χ2n) is 8.66. The molecule has 0 unspecified atom stereocenters. The lowest BCUT2D eigenvalue weighted by atomic mass is 9.86. The number of hydrogen-bond acceptors (Lipinski definition) is 3. The van der Waals surface area contributed by atoms with Crippen LogP contribution in [0.1, 0.15) is 59.9 Å². The van der Waals surface area contributed by atoms with Crippen molar-refractivity contribution in [2.45, 2.75) is 70.7 Å². The molecule has 1 saturated heterocycles. The molecule has 1 heterocycles. The van der Waals surface area contributed by atoms with Crippen LogP contribution in [0, 0.1) is 5.41 Å². The molecule has 0 aromatic heterocycles. The predicted molar refractivity (Wildman–Crippen MR) is 96.5 cm³/mol. The maximum absolute atomic E-state index is 13.0. The molecule has 0 aliphatic carbocycles. The van der Waals surface area contributed by atoms with Crippen LogP contribution in [0.4, 0.5) is 0 Å². The largest absolute Gasteiger partial charge is 0.297 e. The first-order valence-electron chi connectivity index (χ1n) is 8.52. The van der Waals surface area contributed by atoms with E-state index in [1.165, 1.54) is 4.31 Å². The number of carbonyl (C=O) groups excluding carboxylic acids is 1. The molecule has 2 rings (SSSR count). The molecular formula is C19H29NO3S. The summed E-state index contributed by atoms with van der Waals surface area (Å²) in [5.41, 5.74) is 0.518. The van der Waals surface area contributed by atoms with Gasteiger partial charge in [0.25, 0.3) is 0 Å². The van der Waals surface area contributed by atoms with Crippen molar-refractivity contribution >= 4 is 15.8 Å². The summed E-state index contributed by atoms with van der Waals surface area (Å²) in [7, 11) is -3.64. The Balaban J connectivity index is 2.34. The van der Waals surface area contributed by atoms with Crippen LogP contribution in [0.2, 0.25) is 0 Å². The topological polar surface area (TPSA) is 54.5 Å². The number of rotatable bonds is 3. The standard InChI is InChI=1S/C19H29NO3S/c1-18(2,3)14-9-11-15(12-10-14)24(22,23)20-13-7-8-16(20)17(21)19(4,5)6/h9-12,16H,7-8,13H2,1-6H3/t16-/m0/s1. The van der Waals surface area contributed by atoms with Gasteiger partial charge >= 0.3 is 0 Å². The summed E-state index contributed by atoms with van der Waals surface area (Å²) >= 11 is 0. The minimum absolute atomic E-state index is 0.00473. The molecule has 1 aromatic carbocycles. The summed E-state index contributed by atoms with van der Waals surface area (Å²) in [6, 6.07) is 6.50. The van der Waals surface area contributed by atoms with Crippen LogP contribution in [0.3, 0.4) is 0 Å². The van der Waals surface area contributed by atoms with E-state index in [0.29, 0.717) is 13.0 Å². The minimum atomic E-state index is -3.64. The van der Waals surface area contributed by atoms with E-state index in [-0.39, 0.29) is 16.1 Å². The number of ketones is 1. The molecule has 1 aliphatic rings. The van der Waals surface area contributed by atoms with E-state index in [1.54, 1.807) is 12.1 Å². The number of hydrogen-bond donors (Lipinski definition) is 0. The first-order valence-corrected chi connectivity index (χ1v) is 9.96.